The van der Waals surface area contributed by atoms with Gasteiger partial charge in [0.2, 0.25) is 10.0 Å². The number of fused-ring (bicyclic) bond motifs is 1. The third-order valence-corrected chi connectivity index (χ3v) is 7.02. The van der Waals surface area contributed by atoms with E-state index < -0.39 is 20.0 Å². The highest BCUT2D eigenvalue weighted by atomic mass is 32.2. The number of benzene rings is 2. The van der Waals surface area contributed by atoms with Crippen molar-refractivity contribution in [2.75, 3.05) is 10.8 Å². The summed E-state index contributed by atoms with van der Waals surface area (Å²) in [6.45, 7) is 2.35. The third kappa shape index (κ3) is 3.42. The number of hydrogen-bond acceptors (Lipinski definition) is 4. The minimum absolute atomic E-state index is 0.00517. The SMILES string of the molecule is CCCc1ccc(S(=O)(=O)N2CCc3cc(S(N)(=O)=O)ccc32)cc1. The zero-order chi connectivity index (χ0) is 18.2. The average Bonchev–Trinajstić information content (AvgIpc) is 2.99. The molecular weight excluding hydrogens is 360 g/mol. The van der Waals surface area contributed by atoms with Crippen molar-refractivity contribution in [3.05, 3.63) is 53.6 Å². The molecule has 1 heterocycles. The molecule has 0 unspecified atom stereocenters. The topological polar surface area (TPSA) is 97.5 Å². The van der Waals surface area contributed by atoms with Crippen LogP contribution in [0.5, 0.6) is 0 Å². The molecule has 0 radical (unpaired) electrons. The van der Waals surface area contributed by atoms with Crippen LogP contribution < -0.4 is 9.44 Å². The first-order valence-electron chi connectivity index (χ1n) is 8.01. The number of primary sulfonamides is 1. The largest absolute Gasteiger partial charge is 0.266 e. The molecule has 134 valence electrons. The van der Waals surface area contributed by atoms with Gasteiger partial charge in [-0.3, -0.25) is 4.31 Å². The van der Waals surface area contributed by atoms with Crippen LogP contribution in [0.15, 0.2) is 52.3 Å². The molecule has 6 nitrogen and oxygen atoms in total. The molecule has 1 aliphatic heterocycles. The van der Waals surface area contributed by atoms with Crippen LogP contribution in [0.1, 0.15) is 24.5 Å². The van der Waals surface area contributed by atoms with E-state index in [1.807, 2.05) is 12.1 Å². The van der Waals surface area contributed by atoms with E-state index in [2.05, 4.69) is 6.92 Å². The summed E-state index contributed by atoms with van der Waals surface area (Å²) in [5.74, 6) is 0. The Kier molecular flexibility index (Phi) is 4.61. The van der Waals surface area contributed by atoms with Crippen LogP contribution in [0.3, 0.4) is 0 Å². The van der Waals surface area contributed by atoms with E-state index in [0.29, 0.717) is 17.7 Å². The summed E-state index contributed by atoms with van der Waals surface area (Å²) in [7, 11) is -7.49. The van der Waals surface area contributed by atoms with Gasteiger partial charge in [-0.15, -0.1) is 0 Å². The highest BCUT2D eigenvalue weighted by Crippen LogP contribution is 2.34. The van der Waals surface area contributed by atoms with Gasteiger partial charge in [0.1, 0.15) is 0 Å². The van der Waals surface area contributed by atoms with E-state index in [1.54, 1.807) is 12.1 Å². The molecule has 2 N–H and O–H groups in total. The van der Waals surface area contributed by atoms with Crippen molar-refractivity contribution in [1.82, 2.24) is 0 Å². The highest BCUT2D eigenvalue weighted by Gasteiger charge is 2.31. The second-order valence-electron chi connectivity index (χ2n) is 6.06. The standard InChI is InChI=1S/C17H20N2O4S2/c1-2-3-13-4-6-15(7-5-13)25(22,23)19-11-10-14-12-16(24(18,20)21)8-9-17(14)19/h4-9,12H,2-3,10-11H2,1H3,(H2,18,20,21). The summed E-state index contributed by atoms with van der Waals surface area (Å²) < 4.78 is 50.1. The fourth-order valence-corrected chi connectivity index (χ4v) is 5.09. The molecule has 2 aromatic carbocycles. The van der Waals surface area contributed by atoms with Gasteiger partial charge in [-0.05, 0) is 54.3 Å². The van der Waals surface area contributed by atoms with Crippen LogP contribution in [0.25, 0.3) is 0 Å². The zero-order valence-corrected chi connectivity index (χ0v) is 15.5. The summed E-state index contributed by atoms with van der Waals surface area (Å²) in [6.07, 6.45) is 2.35. The van der Waals surface area contributed by atoms with Crippen LogP contribution in [0.4, 0.5) is 5.69 Å². The number of anilines is 1. The maximum atomic E-state index is 12.9. The molecule has 25 heavy (non-hydrogen) atoms. The summed E-state index contributed by atoms with van der Waals surface area (Å²) in [5, 5.41) is 5.14. The molecular formula is C17H20N2O4S2. The Balaban J connectivity index is 1.96. The van der Waals surface area contributed by atoms with Crippen molar-refractivity contribution in [2.45, 2.75) is 36.0 Å². The summed E-state index contributed by atoms with van der Waals surface area (Å²) in [6, 6.07) is 11.2. The minimum Gasteiger partial charge on any atom is -0.266 e. The Hall–Kier alpha value is -1.90. The lowest BCUT2D eigenvalue weighted by Gasteiger charge is -2.20. The molecule has 0 atom stereocenters. The van der Waals surface area contributed by atoms with Crippen LogP contribution in [-0.2, 0) is 32.9 Å². The first-order valence-corrected chi connectivity index (χ1v) is 11.0. The minimum atomic E-state index is -3.81. The van der Waals surface area contributed by atoms with Crippen LogP contribution in [-0.4, -0.2) is 23.4 Å². The van der Waals surface area contributed by atoms with Crippen molar-refractivity contribution in [2.24, 2.45) is 5.14 Å². The van der Waals surface area contributed by atoms with E-state index in [9.17, 15) is 16.8 Å². The fourth-order valence-electron chi connectivity index (χ4n) is 3.02. The maximum absolute atomic E-state index is 12.9. The van der Waals surface area contributed by atoms with Gasteiger partial charge < -0.3 is 0 Å². The molecule has 0 aliphatic carbocycles. The molecule has 0 spiro atoms. The normalized spacial score (nSPS) is 14.6. The first kappa shape index (κ1) is 17.9. The summed E-state index contributed by atoms with van der Waals surface area (Å²) in [5.41, 5.74) is 2.27. The second kappa shape index (κ2) is 6.44. The van der Waals surface area contributed by atoms with Gasteiger partial charge in [0, 0.05) is 6.54 Å². The Labute approximate surface area is 148 Å². The number of hydrogen-bond donors (Lipinski definition) is 1. The third-order valence-electron chi connectivity index (χ3n) is 4.28. The Morgan fingerprint density at radius 3 is 2.24 bits per heavy atom. The predicted octanol–water partition coefficient (Wildman–Crippen LogP) is 2.04. The van der Waals surface area contributed by atoms with Crippen LogP contribution in [0, 0.1) is 0 Å². The van der Waals surface area contributed by atoms with Crippen molar-refractivity contribution in [3.63, 3.8) is 0 Å². The number of nitrogens with zero attached hydrogens (tertiary/aromatic N) is 1. The Morgan fingerprint density at radius 2 is 1.64 bits per heavy atom. The molecule has 0 aromatic heterocycles. The molecule has 3 rings (SSSR count). The van der Waals surface area contributed by atoms with E-state index in [-0.39, 0.29) is 16.3 Å². The second-order valence-corrected chi connectivity index (χ2v) is 9.48. The van der Waals surface area contributed by atoms with Gasteiger partial charge in [-0.2, -0.15) is 0 Å². The molecule has 0 bridgehead atoms. The Bertz CT molecular complexity index is 997. The van der Waals surface area contributed by atoms with Gasteiger partial charge in [0.05, 0.1) is 15.5 Å². The van der Waals surface area contributed by atoms with E-state index >= 15 is 0 Å². The van der Waals surface area contributed by atoms with E-state index in [1.165, 1.54) is 22.5 Å². The fraction of sp³-hybridized carbons (Fsp3) is 0.294. The predicted molar refractivity (Wildman–Crippen MR) is 96.5 cm³/mol. The van der Waals surface area contributed by atoms with Gasteiger partial charge >= 0.3 is 0 Å². The van der Waals surface area contributed by atoms with Gasteiger partial charge in [-0.1, -0.05) is 25.5 Å². The maximum Gasteiger partial charge on any atom is 0.264 e. The smallest absolute Gasteiger partial charge is 0.264 e. The Morgan fingerprint density at radius 1 is 1.00 bits per heavy atom. The summed E-state index contributed by atoms with van der Waals surface area (Å²) in [4.78, 5) is 0.227. The van der Waals surface area contributed by atoms with Crippen molar-refractivity contribution < 1.29 is 16.8 Å². The van der Waals surface area contributed by atoms with Gasteiger partial charge in [-0.25, -0.2) is 22.0 Å². The number of aryl methyl sites for hydroxylation is 1. The van der Waals surface area contributed by atoms with E-state index in [4.69, 9.17) is 5.14 Å². The molecule has 0 saturated carbocycles. The molecule has 0 saturated heterocycles. The lowest BCUT2D eigenvalue weighted by atomic mass is 10.1. The van der Waals surface area contributed by atoms with E-state index in [0.717, 1.165) is 18.4 Å². The first-order chi connectivity index (χ1) is 11.7. The van der Waals surface area contributed by atoms with Gasteiger partial charge in [0.15, 0.2) is 0 Å². The lowest BCUT2D eigenvalue weighted by Crippen LogP contribution is -2.29. The number of nitrogens with two attached hydrogens (primary N) is 1. The number of sulfonamides is 2. The molecule has 0 fully saturated rings. The summed E-state index contributed by atoms with van der Waals surface area (Å²) >= 11 is 0. The average molecular weight is 380 g/mol. The van der Waals surface area contributed by atoms with Crippen molar-refractivity contribution in [3.8, 4) is 0 Å². The van der Waals surface area contributed by atoms with Crippen LogP contribution >= 0.6 is 0 Å². The highest BCUT2D eigenvalue weighted by molar-refractivity contribution is 7.92. The molecule has 1 aliphatic rings. The van der Waals surface area contributed by atoms with Gasteiger partial charge in [0.25, 0.3) is 10.0 Å². The zero-order valence-electron chi connectivity index (χ0n) is 13.8. The monoisotopic (exact) mass is 380 g/mol. The molecule has 2 aromatic rings. The van der Waals surface area contributed by atoms with Crippen molar-refractivity contribution in [1.29, 1.82) is 0 Å². The quantitative estimate of drug-likeness (QED) is 0.858. The van der Waals surface area contributed by atoms with Crippen molar-refractivity contribution >= 4 is 25.7 Å². The van der Waals surface area contributed by atoms with Crippen LogP contribution in [0.2, 0.25) is 0 Å². The number of rotatable bonds is 5. The molecule has 0 amide bonds. The molecule has 8 heteroatoms. The lowest BCUT2D eigenvalue weighted by molar-refractivity contribution is 0.592.